The molecule has 0 spiro atoms. The molecule has 1 aliphatic carbocycles. The summed E-state index contributed by atoms with van der Waals surface area (Å²) in [6, 6.07) is 8.79. The Hall–Kier alpha value is -2.17. The second-order valence-corrected chi connectivity index (χ2v) is 5.45. The first-order chi connectivity index (χ1) is 9.72. The summed E-state index contributed by atoms with van der Waals surface area (Å²) in [5.74, 6) is 1.77. The number of aromatic nitrogens is 3. The van der Waals surface area contributed by atoms with Crippen LogP contribution >= 0.6 is 0 Å². The predicted molar refractivity (Wildman–Crippen MR) is 80.3 cm³/mol. The zero-order chi connectivity index (χ0) is 13.9. The van der Waals surface area contributed by atoms with Crippen LogP contribution < -0.4 is 10.6 Å². The number of nitrogens with zero attached hydrogens (tertiary/aromatic N) is 3. The number of nitrogens with one attached hydrogen (secondary N) is 2. The Morgan fingerprint density at radius 2 is 2.00 bits per heavy atom. The van der Waals surface area contributed by atoms with Crippen LogP contribution in [0.1, 0.15) is 38.2 Å². The summed E-state index contributed by atoms with van der Waals surface area (Å²) in [7, 11) is 0. The first kappa shape index (κ1) is 12.8. The number of benzene rings is 1. The molecule has 2 N–H and O–H groups in total. The van der Waals surface area contributed by atoms with E-state index in [2.05, 4.69) is 57.9 Å². The van der Waals surface area contributed by atoms with E-state index in [0.717, 1.165) is 11.5 Å². The molecule has 3 rings (SSSR count). The predicted octanol–water partition coefficient (Wildman–Crippen LogP) is 3.31. The van der Waals surface area contributed by atoms with Gasteiger partial charge in [0.05, 0.1) is 6.20 Å². The van der Waals surface area contributed by atoms with Crippen LogP contribution in [-0.2, 0) is 0 Å². The van der Waals surface area contributed by atoms with Crippen LogP contribution in [0.25, 0.3) is 0 Å². The van der Waals surface area contributed by atoms with Gasteiger partial charge < -0.3 is 10.6 Å². The summed E-state index contributed by atoms with van der Waals surface area (Å²) in [6.45, 7) is 4.36. The fourth-order valence-electron chi connectivity index (χ4n) is 2.09. The Balaban J connectivity index is 1.80. The Morgan fingerprint density at radius 3 is 2.75 bits per heavy atom. The average Bonchev–Trinajstić information content (AvgIpc) is 3.23. The third kappa shape index (κ3) is 3.04. The van der Waals surface area contributed by atoms with Gasteiger partial charge in [-0.3, -0.25) is 0 Å². The maximum atomic E-state index is 4.45. The fourth-order valence-corrected chi connectivity index (χ4v) is 2.09. The van der Waals surface area contributed by atoms with Gasteiger partial charge in [-0.05, 0) is 30.4 Å². The molecule has 0 saturated heterocycles. The molecular weight excluding hydrogens is 250 g/mol. The summed E-state index contributed by atoms with van der Waals surface area (Å²) in [4.78, 5) is 4.45. The Morgan fingerprint density at radius 1 is 1.20 bits per heavy atom. The average molecular weight is 269 g/mol. The molecule has 1 saturated carbocycles. The minimum absolute atomic E-state index is 0.456. The molecule has 0 amide bonds. The van der Waals surface area contributed by atoms with E-state index in [1.807, 2.05) is 6.07 Å². The van der Waals surface area contributed by atoms with Crippen LogP contribution in [0.3, 0.4) is 0 Å². The van der Waals surface area contributed by atoms with E-state index in [1.54, 1.807) is 6.20 Å². The molecule has 20 heavy (non-hydrogen) atoms. The quantitative estimate of drug-likeness (QED) is 0.872. The van der Waals surface area contributed by atoms with Gasteiger partial charge >= 0.3 is 0 Å². The third-order valence-electron chi connectivity index (χ3n) is 3.31. The highest BCUT2D eigenvalue weighted by atomic mass is 15.3. The van der Waals surface area contributed by atoms with Crippen LogP contribution in [0.5, 0.6) is 0 Å². The molecule has 0 radical (unpaired) electrons. The lowest BCUT2D eigenvalue weighted by molar-refractivity contribution is 0.868. The van der Waals surface area contributed by atoms with Crippen molar-refractivity contribution in [1.82, 2.24) is 15.2 Å². The van der Waals surface area contributed by atoms with Gasteiger partial charge in [-0.1, -0.05) is 32.0 Å². The smallest absolute Gasteiger partial charge is 0.244 e. The molecule has 1 aliphatic rings. The number of para-hydroxylation sites is 1. The molecular formula is C15H19N5. The normalized spacial score (nSPS) is 14.3. The SMILES string of the molecule is CC(C)c1ccccc1Nc1cnnc(NC2CC2)n1. The van der Waals surface area contributed by atoms with E-state index in [0.29, 0.717) is 17.9 Å². The second-order valence-electron chi connectivity index (χ2n) is 5.45. The minimum Gasteiger partial charge on any atom is -0.350 e. The largest absolute Gasteiger partial charge is 0.350 e. The zero-order valence-electron chi connectivity index (χ0n) is 11.8. The number of hydrogen-bond acceptors (Lipinski definition) is 5. The first-order valence-electron chi connectivity index (χ1n) is 7.04. The highest BCUT2D eigenvalue weighted by molar-refractivity contribution is 5.61. The van der Waals surface area contributed by atoms with Crippen molar-refractivity contribution in [1.29, 1.82) is 0 Å². The highest BCUT2D eigenvalue weighted by Crippen LogP contribution is 2.27. The van der Waals surface area contributed by atoms with Crippen molar-refractivity contribution in [3.63, 3.8) is 0 Å². The maximum Gasteiger partial charge on any atom is 0.244 e. The van der Waals surface area contributed by atoms with Crippen molar-refractivity contribution in [3.8, 4) is 0 Å². The van der Waals surface area contributed by atoms with Gasteiger partial charge in [0, 0.05) is 11.7 Å². The molecule has 1 aromatic heterocycles. The van der Waals surface area contributed by atoms with E-state index in [-0.39, 0.29) is 0 Å². The molecule has 0 atom stereocenters. The monoisotopic (exact) mass is 269 g/mol. The van der Waals surface area contributed by atoms with E-state index < -0.39 is 0 Å². The van der Waals surface area contributed by atoms with Gasteiger partial charge in [0.2, 0.25) is 5.95 Å². The Bertz CT molecular complexity index is 592. The lowest BCUT2D eigenvalue weighted by Crippen LogP contribution is -2.08. The van der Waals surface area contributed by atoms with Crippen molar-refractivity contribution in [3.05, 3.63) is 36.0 Å². The van der Waals surface area contributed by atoms with Crippen LogP contribution in [0.15, 0.2) is 30.5 Å². The van der Waals surface area contributed by atoms with Gasteiger partial charge in [-0.25, -0.2) is 0 Å². The molecule has 1 aromatic carbocycles. The standard InChI is InChI=1S/C15H19N5/c1-10(2)12-5-3-4-6-13(12)18-14-9-16-20-15(19-14)17-11-7-8-11/h3-6,9-11H,7-8H2,1-2H3,(H2,17,18,19,20). The molecule has 5 heteroatoms. The third-order valence-corrected chi connectivity index (χ3v) is 3.31. The summed E-state index contributed by atoms with van der Waals surface area (Å²) in [5, 5.41) is 14.6. The van der Waals surface area contributed by atoms with Crippen molar-refractivity contribution in [2.75, 3.05) is 10.6 Å². The number of rotatable bonds is 5. The van der Waals surface area contributed by atoms with Gasteiger partial charge in [0.1, 0.15) is 0 Å². The molecule has 1 fully saturated rings. The summed E-state index contributed by atoms with van der Waals surface area (Å²) in [5.41, 5.74) is 2.34. The van der Waals surface area contributed by atoms with E-state index in [1.165, 1.54) is 18.4 Å². The van der Waals surface area contributed by atoms with Gasteiger partial charge in [0.25, 0.3) is 0 Å². The lowest BCUT2D eigenvalue weighted by Gasteiger charge is -2.14. The zero-order valence-corrected chi connectivity index (χ0v) is 11.8. The molecule has 0 aliphatic heterocycles. The topological polar surface area (TPSA) is 62.7 Å². The van der Waals surface area contributed by atoms with Crippen LogP contribution in [0.4, 0.5) is 17.5 Å². The van der Waals surface area contributed by atoms with Gasteiger partial charge in [-0.2, -0.15) is 10.1 Å². The van der Waals surface area contributed by atoms with Crippen molar-refractivity contribution < 1.29 is 0 Å². The Labute approximate surface area is 118 Å². The second kappa shape index (κ2) is 5.45. The lowest BCUT2D eigenvalue weighted by atomic mass is 10.0. The minimum atomic E-state index is 0.456. The maximum absolute atomic E-state index is 4.45. The molecule has 2 aromatic rings. The van der Waals surface area contributed by atoms with Crippen LogP contribution in [0, 0.1) is 0 Å². The molecule has 0 bridgehead atoms. The van der Waals surface area contributed by atoms with E-state index in [9.17, 15) is 0 Å². The van der Waals surface area contributed by atoms with Gasteiger partial charge in [0.15, 0.2) is 5.82 Å². The molecule has 104 valence electrons. The van der Waals surface area contributed by atoms with Gasteiger partial charge in [-0.15, -0.1) is 5.10 Å². The summed E-state index contributed by atoms with van der Waals surface area (Å²) in [6.07, 6.45) is 4.03. The summed E-state index contributed by atoms with van der Waals surface area (Å²) < 4.78 is 0. The van der Waals surface area contributed by atoms with Crippen LogP contribution in [-0.4, -0.2) is 21.2 Å². The molecule has 0 unspecified atom stereocenters. The van der Waals surface area contributed by atoms with E-state index in [4.69, 9.17) is 0 Å². The first-order valence-corrected chi connectivity index (χ1v) is 7.04. The van der Waals surface area contributed by atoms with E-state index >= 15 is 0 Å². The number of anilines is 3. The highest BCUT2D eigenvalue weighted by Gasteiger charge is 2.22. The van der Waals surface area contributed by atoms with Crippen LogP contribution in [0.2, 0.25) is 0 Å². The summed E-state index contributed by atoms with van der Waals surface area (Å²) >= 11 is 0. The molecule has 5 nitrogen and oxygen atoms in total. The molecule has 1 heterocycles. The van der Waals surface area contributed by atoms with Crippen molar-refractivity contribution in [2.45, 2.75) is 38.6 Å². The Kier molecular flexibility index (Phi) is 3.50. The number of hydrogen-bond donors (Lipinski definition) is 2. The van der Waals surface area contributed by atoms with Crippen molar-refractivity contribution in [2.24, 2.45) is 0 Å². The van der Waals surface area contributed by atoms with Crippen molar-refractivity contribution >= 4 is 17.5 Å². The fraction of sp³-hybridized carbons (Fsp3) is 0.400.